The number of rotatable bonds is 4. The highest BCUT2D eigenvalue weighted by molar-refractivity contribution is 5.95. The van der Waals surface area contributed by atoms with Crippen molar-refractivity contribution in [1.82, 2.24) is 19.7 Å². The molecule has 4 rings (SSSR count). The predicted molar refractivity (Wildman–Crippen MR) is 97.7 cm³/mol. The molecule has 0 radical (unpaired) electrons. The van der Waals surface area contributed by atoms with Crippen molar-refractivity contribution in [3.05, 3.63) is 72.2 Å². The maximum atomic E-state index is 12.8. The minimum absolute atomic E-state index is 0.0974. The standard InChI is InChI=1S/C20H17F3N4O2/c21-20(22,23)15-5-8-24-18(12-15)29-17-6-10-26(13-17)19(28)14-3-1-4-16(11-14)27-9-2-7-25-27/h1-5,7-9,11-12,17H,6,10,13H2/t17-/m1/s1. The van der Waals surface area contributed by atoms with Gasteiger partial charge in [0.05, 0.1) is 17.8 Å². The Bertz CT molecular complexity index is 1000. The van der Waals surface area contributed by atoms with E-state index in [2.05, 4.69) is 10.1 Å². The summed E-state index contributed by atoms with van der Waals surface area (Å²) in [6.45, 7) is 0.733. The first-order chi connectivity index (χ1) is 13.9. The minimum atomic E-state index is -4.46. The van der Waals surface area contributed by atoms with Crippen LogP contribution in [0, 0.1) is 0 Å². The van der Waals surface area contributed by atoms with Crippen molar-refractivity contribution >= 4 is 5.91 Å². The van der Waals surface area contributed by atoms with Gasteiger partial charge in [0.2, 0.25) is 5.88 Å². The summed E-state index contributed by atoms with van der Waals surface area (Å²) in [5.41, 5.74) is 0.459. The molecule has 0 N–H and O–H groups in total. The summed E-state index contributed by atoms with van der Waals surface area (Å²) in [7, 11) is 0. The van der Waals surface area contributed by atoms with Crippen LogP contribution in [0.1, 0.15) is 22.3 Å². The molecule has 0 saturated carbocycles. The van der Waals surface area contributed by atoms with Gasteiger partial charge in [0.1, 0.15) is 6.10 Å². The third kappa shape index (κ3) is 4.23. The van der Waals surface area contributed by atoms with E-state index in [1.54, 1.807) is 46.2 Å². The molecule has 3 aromatic rings. The van der Waals surface area contributed by atoms with Crippen LogP contribution < -0.4 is 4.74 Å². The van der Waals surface area contributed by atoms with Gasteiger partial charge in [0.15, 0.2) is 0 Å². The molecule has 0 unspecified atom stereocenters. The minimum Gasteiger partial charge on any atom is -0.472 e. The Balaban J connectivity index is 1.42. The van der Waals surface area contributed by atoms with Crippen LogP contribution in [-0.4, -0.2) is 44.8 Å². The van der Waals surface area contributed by atoms with Crippen molar-refractivity contribution in [2.75, 3.05) is 13.1 Å². The number of amides is 1. The molecule has 0 aliphatic carbocycles. The first kappa shape index (κ1) is 19.0. The molecular formula is C20H17F3N4O2. The normalized spacial score (nSPS) is 16.8. The fourth-order valence-electron chi connectivity index (χ4n) is 3.22. The van der Waals surface area contributed by atoms with E-state index >= 15 is 0 Å². The molecule has 9 heteroatoms. The van der Waals surface area contributed by atoms with E-state index in [0.717, 1.165) is 24.0 Å². The van der Waals surface area contributed by atoms with E-state index in [1.165, 1.54) is 0 Å². The molecule has 1 saturated heterocycles. The van der Waals surface area contributed by atoms with Crippen LogP contribution in [0.15, 0.2) is 61.1 Å². The maximum Gasteiger partial charge on any atom is 0.416 e. The molecule has 2 aromatic heterocycles. The Morgan fingerprint density at radius 1 is 1.14 bits per heavy atom. The maximum absolute atomic E-state index is 12.8. The Morgan fingerprint density at radius 3 is 2.76 bits per heavy atom. The SMILES string of the molecule is O=C(c1cccc(-n2cccn2)c1)N1CC[C@@H](Oc2cc(C(F)(F)F)ccn2)C1. The van der Waals surface area contributed by atoms with Crippen molar-refractivity contribution in [3.63, 3.8) is 0 Å². The molecule has 3 heterocycles. The number of benzene rings is 1. The van der Waals surface area contributed by atoms with Crippen LogP contribution in [0.2, 0.25) is 0 Å². The van der Waals surface area contributed by atoms with Crippen LogP contribution in [0.3, 0.4) is 0 Å². The van der Waals surface area contributed by atoms with Gasteiger partial charge >= 0.3 is 6.18 Å². The smallest absolute Gasteiger partial charge is 0.416 e. The number of carbonyl (C=O) groups excluding carboxylic acids is 1. The van der Waals surface area contributed by atoms with Crippen molar-refractivity contribution in [1.29, 1.82) is 0 Å². The zero-order valence-electron chi connectivity index (χ0n) is 15.2. The van der Waals surface area contributed by atoms with E-state index in [0.29, 0.717) is 18.5 Å². The molecule has 1 aromatic carbocycles. The first-order valence-electron chi connectivity index (χ1n) is 8.99. The zero-order valence-corrected chi connectivity index (χ0v) is 15.2. The van der Waals surface area contributed by atoms with Gasteiger partial charge in [-0.2, -0.15) is 18.3 Å². The number of halogens is 3. The van der Waals surface area contributed by atoms with Gasteiger partial charge in [0, 0.05) is 43.2 Å². The highest BCUT2D eigenvalue weighted by Crippen LogP contribution is 2.31. The van der Waals surface area contributed by atoms with Crippen LogP contribution in [0.25, 0.3) is 5.69 Å². The van der Waals surface area contributed by atoms with Gasteiger partial charge in [-0.25, -0.2) is 9.67 Å². The highest BCUT2D eigenvalue weighted by atomic mass is 19.4. The fraction of sp³-hybridized carbons (Fsp3) is 0.250. The van der Waals surface area contributed by atoms with Crippen molar-refractivity contribution < 1.29 is 22.7 Å². The summed E-state index contributed by atoms with van der Waals surface area (Å²) in [5, 5.41) is 4.15. The van der Waals surface area contributed by atoms with Crippen molar-refractivity contribution in [2.45, 2.75) is 18.7 Å². The Hall–Kier alpha value is -3.36. The zero-order chi connectivity index (χ0) is 20.4. The molecule has 6 nitrogen and oxygen atoms in total. The molecule has 1 aliphatic rings. The lowest BCUT2D eigenvalue weighted by molar-refractivity contribution is -0.137. The molecule has 1 fully saturated rings. The Kier molecular flexibility index (Phi) is 4.96. The molecule has 1 aliphatic heterocycles. The average Bonchev–Trinajstić information content (AvgIpc) is 3.39. The second-order valence-corrected chi connectivity index (χ2v) is 6.66. The monoisotopic (exact) mass is 402 g/mol. The molecule has 1 amide bonds. The number of hydrogen-bond acceptors (Lipinski definition) is 4. The molecule has 29 heavy (non-hydrogen) atoms. The summed E-state index contributed by atoms with van der Waals surface area (Å²) in [6.07, 6.45) is 0.145. The Labute approximate surface area is 164 Å². The molecule has 150 valence electrons. The van der Waals surface area contributed by atoms with E-state index in [9.17, 15) is 18.0 Å². The lowest BCUT2D eigenvalue weighted by Gasteiger charge is -2.18. The average molecular weight is 402 g/mol. The van der Waals surface area contributed by atoms with Crippen LogP contribution in [0.4, 0.5) is 13.2 Å². The number of aromatic nitrogens is 3. The third-order valence-electron chi connectivity index (χ3n) is 4.64. The second kappa shape index (κ2) is 7.57. The molecular weight excluding hydrogens is 385 g/mol. The van der Waals surface area contributed by atoms with Gasteiger partial charge in [-0.15, -0.1) is 0 Å². The number of alkyl halides is 3. The third-order valence-corrected chi connectivity index (χ3v) is 4.64. The predicted octanol–water partition coefficient (Wildman–Crippen LogP) is 3.58. The quantitative estimate of drug-likeness (QED) is 0.669. The summed E-state index contributed by atoms with van der Waals surface area (Å²) in [4.78, 5) is 18.3. The van der Waals surface area contributed by atoms with E-state index in [4.69, 9.17) is 4.74 Å². The first-order valence-corrected chi connectivity index (χ1v) is 8.99. The van der Waals surface area contributed by atoms with Gasteiger partial charge < -0.3 is 9.64 Å². The van der Waals surface area contributed by atoms with Crippen LogP contribution in [-0.2, 0) is 6.18 Å². The highest BCUT2D eigenvalue weighted by Gasteiger charge is 2.32. The largest absolute Gasteiger partial charge is 0.472 e. The summed E-state index contributed by atoms with van der Waals surface area (Å²) < 4.78 is 45.7. The number of likely N-dealkylation sites (tertiary alicyclic amines) is 1. The van der Waals surface area contributed by atoms with Gasteiger partial charge in [-0.1, -0.05) is 6.07 Å². The lowest BCUT2D eigenvalue weighted by atomic mass is 10.2. The number of hydrogen-bond donors (Lipinski definition) is 0. The van der Waals surface area contributed by atoms with Gasteiger partial charge in [-0.05, 0) is 30.3 Å². The number of ether oxygens (including phenoxy) is 1. The van der Waals surface area contributed by atoms with E-state index in [-0.39, 0.29) is 18.3 Å². The van der Waals surface area contributed by atoms with Crippen LogP contribution >= 0.6 is 0 Å². The number of nitrogens with zero attached hydrogens (tertiary/aromatic N) is 4. The van der Waals surface area contributed by atoms with E-state index in [1.807, 2.05) is 6.07 Å². The van der Waals surface area contributed by atoms with Gasteiger partial charge in [-0.3, -0.25) is 4.79 Å². The van der Waals surface area contributed by atoms with Gasteiger partial charge in [0.25, 0.3) is 5.91 Å². The van der Waals surface area contributed by atoms with Crippen molar-refractivity contribution in [3.8, 4) is 11.6 Å². The number of carbonyl (C=O) groups is 1. The summed E-state index contributed by atoms with van der Waals surface area (Å²) in [6, 6.07) is 10.6. The second-order valence-electron chi connectivity index (χ2n) is 6.66. The Morgan fingerprint density at radius 2 is 2.00 bits per heavy atom. The number of pyridine rings is 1. The van der Waals surface area contributed by atoms with E-state index < -0.39 is 17.8 Å². The fourth-order valence-corrected chi connectivity index (χ4v) is 3.22. The molecule has 0 bridgehead atoms. The summed E-state index contributed by atoms with van der Waals surface area (Å²) >= 11 is 0. The van der Waals surface area contributed by atoms with Crippen LogP contribution in [0.5, 0.6) is 5.88 Å². The topological polar surface area (TPSA) is 60.2 Å². The lowest BCUT2D eigenvalue weighted by Crippen LogP contribution is -2.31. The van der Waals surface area contributed by atoms with Crippen molar-refractivity contribution in [2.24, 2.45) is 0 Å². The molecule has 1 atom stereocenters. The molecule has 0 spiro atoms. The summed E-state index contributed by atoms with van der Waals surface area (Å²) in [5.74, 6) is -0.262.